The van der Waals surface area contributed by atoms with Crippen molar-refractivity contribution in [2.45, 2.75) is 30.7 Å². The summed E-state index contributed by atoms with van der Waals surface area (Å²) in [6.45, 7) is 8.78. The Bertz CT molecular complexity index is 1170. The van der Waals surface area contributed by atoms with Crippen molar-refractivity contribution >= 4 is 17.5 Å². The fourth-order valence-electron chi connectivity index (χ4n) is 3.96. The molecular formula is C23H27N7OS. The van der Waals surface area contributed by atoms with Gasteiger partial charge in [0.2, 0.25) is 0 Å². The fourth-order valence-corrected chi connectivity index (χ4v) is 4.94. The summed E-state index contributed by atoms with van der Waals surface area (Å²) in [5, 5.41) is 5.54. The van der Waals surface area contributed by atoms with Crippen molar-refractivity contribution in [2.24, 2.45) is 0 Å². The molecule has 1 fully saturated rings. The van der Waals surface area contributed by atoms with Crippen molar-refractivity contribution in [2.75, 3.05) is 32.8 Å². The molecule has 1 N–H and O–H groups in total. The molecule has 3 aromatic heterocycles. The average Bonchev–Trinajstić information content (AvgIpc) is 3.47. The smallest absolute Gasteiger partial charge is 0.252 e. The second-order valence-corrected chi connectivity index (χ2v) is 9.15. The fraction of sp³-hybridized carbons (Fsp3) is 0.391. The molecule has 1 aliphatic rings. The van der Waals surface area contributed by atoms with Crippen LogP contribution in [0.15, 0.2) is 47.9 Å². The predicted octanol–water partition coefficient (Wildman–Crippen LogP) is 3.22. The number of hydrogen-bond donors (Lipinski definition) is 1. The van der Waals surface area contributed by atoms with E-state index in [0.29, 0.717) is 5.78 Å². The van der Waals surface area contributed by atoms with Gasteiger partial charge in [0, 0.05) is 43.4 Å². The van der Waals surface area contributed by atoms with E-state index in [4.69, 9.17) is 14.8 Å². The number of imidazole rings is 1. The molecule has 4 aromatic rings. The second-order valence-electron chi connectivity index (χ2n) is 8.06. The monoisotopic (exact) mass is 449 g/mol. The molecule has 1 aromatic carbocycles. The summed E-state index contributed by atoms with van der Waals surface area (Å²) in [4.78, 5) is 19.4. The molecule has 0 amide bonds. The van der Waals surface area contributed by atoms with Crippen molar-refractivity contribution in [3.63, 3.8) is 0 Å². The number of aryl methyl sites for hydroxylation is 2. The molecule has 5 rings (SSSR count). The molecule has 1 aliphatic heterocycles. The van der Waals surface area contributed by atoms with Crippen LogP contribution in [0, 0.1) is 13.8 Å². The van der Waals surface area contributed by atoms with Crippen LogP contribution in [0.2, 0.25) is 0 Å². The van der Waals surface area contributed by atoms with E-state index < -0.39 is 0 Å². The molecule has 0 aliphatic carbocycles. The maximum Gasteiger partial charge on any atom is 0.252 e. The zero-order valence-electron chi connectivity index (χ0n) is 18.4. The summed E-state index contributed by atoms with van der Waals surface area (Å²) < 4.78 is 7.26. The van der Waals surface area contributed by atoms with Gasteiger partial charge in [-0.05, 0) is 37.5 Å². The number of morpholine rings is 1. The SMILES string of the molecule is Cc1cc(C)n2nc(C(Sc3ncc[nH]3)c3ccc(CCN4CCOCC4)cc3)nc2n1. The van der Waals surface area contributed by atoms with Gasteiger partial charge in [-0.15, -0.1) is 5.10 Å². The molecule has 166 valence electrons. The van der Waals surface area contributed by atoms with Crippen LogP contribution < -0.4 is 0 Å². The van der Waals surface area contributed by atoms with Gasteiger partial charge in [0.1, 0.15) is 0 Å². The van der Waals surface area contributed by atoms with Crippen LogP contribution in [0.1, 0.15) is 33.6 Å². The van der Waals surface area contributed by atoms with Crippen molar-refractivity contribution in [3.05, 3.63) is 71.1 Å². The minimum absolute atomic E-state index is 0.0872. The first kappa shape index (κ1) is 21.1. The Morgan fingerprint density at radius 1 is 1.12 bits per heavy atom. The molecule has 8 nitrogen and oxygen atoms in total. The second kappa shape index (κ2) is 9.40. The Kier molecular flexibility index (Phi) is 6.20. The number of H-pyrrole nitrogens is 1. The summed E-state index contributed by atoms with van der Waals surface area (Å²) in [6, 6.07) is 10.8. The van der Waals surface area contributed by atoms with Gasteiger partial charge >= 0.3 is 0 Å². The summed E-state index contributed by atoms with van der Waals surface area (Å²) in [5.41, 5.74) is 4.44. The van der Waals surface area contributed by atoms with Crippen LogP contribution in [0.4, 0.5) is 0 Å². The lowest BCUT2D eigenvalue weighted by Crippen LogP contribution is -2.37. The van der Waals surface area contributed by atoms with Crippen molar-refractivity contribution < 1.29 is 4.74 Å². The Balaban J connectivity index is 1.40. The Morgan fingerprint density at radius 2 is 1.94 bits per heavy atom. The highest BCUT2D eigenvalue weighted by atomic mass is 32.2. The Morgan fingerprint density at radius 3 is 2.69 bits per heavy atom. The lowest BCUT2D eigenvalue weighted by molar-refractivity contribution is 0.0384. The predicted molar refractivity (Wildman–Crippen MR) is 124 cm³/mol. The number of aromatic amines is 1. The molecule has 1 unspecified atom stereocenters. The molecule has 1 saturated heterocycles. The quantitative estimate of drug-likeness (QED) is 0.434. The third kappa shape index (κ3) is 4.69. The minimum Gasteiger partial charge on any atom is -0.379 e. The Labute approximate surface area is 191 Å². The van der Waals surface area contributed by atoms with Gasteiger partial charge in [-0.1, -0.05) is 36.0 Å². The molecule has 0 spiro atoms. The van der Waals surface area contributed by atoms with Gasteiger partial charge < -0.3 is 9.72 Å². The topological polar surface area (TPSA) is 84.2 Å². The Hall–Kier alpha value is -2.75. The summed E-state index contributed by atoms with van der Waals surface area (Å²) >= 11 is 1.61. The maximum atomic E-state index is 5.44. The van der Waals surface area contributed by atoms with E-state index in [2.05, 4.69) is 44.1 Å². The van der Waals surface area contributed by atoms with E-state index in [0.717, 1.165) is 67.2 Å². The number of thioether (sulfide) groups is 1. The summed E-state index contributed by atoms with van der Waals surface area (Å²) in [7, 11) is 0. The van der Waals surface area contributed by atoms with Crippen molar-refractivity contribution in [1.82, 2.24) is 34.4 Å². The van der Waals surface area contributed by atoms with E-state index in [-0.39, 0.29) is 5.25 Å². The van der Waals surface area contributed by atoms with Crippen molar-refractivity contribution in [3.8, 4) is 0 Å². The largest absolute Gasteiger partial charge is 0.379 e. The van der Waals surface area contributed by atoms with Crippen LogP contribution in [0.3, 0.4) is 0 Å². The highest BCUT2D eigenvalue weighted by molar-refractivity contribution is 7.99. The van der Waals surface area contributed by atoms with Crippen LogP contribution in [0.25, 0.3) is 5.78 Å². The first-order valence-electron chi connectivity index (χ1n) is 10.9. The first-order chi connectivity index (χ1) is 15.7. The van der Waals surface area contributed by atoms with Gasteiger partial charge in [-0.25, -0.2) is 14.5 Å². The van der Waals surface area contributed by atoms with Gasteiger partial charge in [0.25, 0.3) is 5.78 Å². The first-order valence-corrected chi connectivity index (χ1v) is 11.8. The van der Waals surface area contributed by atoms with E-state index in [1.165, 1.54) is 5.56 Å². The number of ether oxygens (including phenoxy) is 1. The standard InChI is InChI=1S/C23H27N7OS/c1-16-15-17(2)30-22(26-16)27-21(28-30)20(32-23-24-8-9-25-23)19-5-3-18(4-6-19)7-10-29-11-13-31-14-12-29/h3-6,8-9,15,20H,7,10-14H2,1-2H3,(H,24,25). The van der Waals surface area contributed by atoms with E-state index in [1.807, 2.05) is 30.6 Å². The van der Waals surface area contributed by atoms with E-state index in [9.17, 15) is 0 Å². The molecule has 9 heteroatoms. The van der Waals surface area contributed by atoms with Gasteiger partial charge in [-0.2, -0.15) is 4.98 Å². The van der Waals surface area contributed by atoms with Crippen LogP contribution in [-0.4, -0.2) is 67.3 Å². The minimum atomic E-state index is -0.0872. The molecule has 0 radical (unpaired) electrons. The van der Waals surface area contributed by atoms with Gasteiger partial charge in [-0.3, -0.25) is 4.90 Å². The maximum absolute atomic E-state index is 5.44. The van der Waals surface area contributed by atoms with Gasteiger partial charge in [0.05, 0.1) is 18.5 Å². The number of rotatable bonds is 7. The van der Waals surface area contributed by atoms with Crippen LogP contribution in [0.5, 0.6) is 0 Å². The van der Waals surface area contributed by atoms with Crippen molar-refractivity contribution in [1.29, 1.82) is 0 Å². The molecule has 1 atom stereocenters. The number of nitrogens with zero attached hydrogens (tertiary/aromatic N) is 6. The third-order valence-electron chi connectivity index (χ3n) is 5.67. The number of aromatic nitrogens is 6. The van der Waals surface area contributed by atoms with Gasteiger partial charge in [0.15, 0.2) is 11.0 Å². The number of nitrogens with one attached hydrogen (secondary N) is 1. The third-order valence-corrected chi connectivity index (χ3v) is 6.84. The molecule has 0 saturated carbocycles. The number of hydrogen-bond acceptors (Lipinski definition) is 7. The summed E-state index contributed by atoms with van der Waals surface area (Å²) in [6.07, 6.45) is 4.63. The molecule has 4 heterocycles. The normalized spacial score (nSPS) is 15.9. The lowest BCUT2D eigenvalue weighted by atomic mass is 10.1. The molecular weight excluding hydrogens is 422 g/mol. The molecule has 32 heavy (non-hydrogen) atoms. The van der Waals surface area contributed by atoms with Crippen LogP contribution in [-0.2, 0) is 11.2 Å². The lowest BCUT2D eigenvalue weighted by Gasteiger charge is -2.26. The zero-order valence-corrected chi connectivity index (χ0v) is 19.2. The van der Waals surface area contributed by atoms with Crippen LogP contribution >= 0.6 is 11.8 Å². The average molecular weight is 450 g/mol. The zero-order chi connectivity index (χ0) is 21.9. The van der Waals surface area contributed by atoms with E-state index in [1.54, 1.807) is 18.0 Å². The van der Waals surface area contributed by atoms with E-state index >= 15 is 0 Å². The molecule has 0 bridgehead atoms. The summed E-state index contributed by atoms with van der Waals surface area (Å²) in [5.74, 6) is 1.36. The number of benzene rings is 1. The highest BCUT2D eigenvalue weighted by Crippen LogP contribution is 2.37. The number of fused-ring (bicyclic) bond motifs is 1. The highest BCUT2D eigenvalue weighted by Gasteiger charge is 2.23.